The highest BCUT2D eigenvalue weighted by Crippen LogP contribution is 2.40. The summed E-state index contributed by atoms with van der Waals surface area (Å²) in [5.74, 6) is 0. The minimum absolute atomic E-state index is 0.439. The summed E-state index contributed by atoms with van der Waals surface area (Å²) in [4.78, 5) is 11.8. The number of hydrogen-bond acceptors (Lipinski definition) is 5. The molecule has 1 heterocycles. The van der Waals surface area contributed by atoms with Gasteiger partial charge in [-0.3, -0.25) is 4.18 Å². The highest BCUT2D eigenvalue weighted by Gasteiger charge is 2.64. The molecule has 1 aliphatic heterocycles. The maximum Gasteiger partial charge on any atom is 0.426 e. The van der Waals surface area contributed by atoms with Crippen LogP contribution in [0.25, 0.3) is 0 Å². The molecule has 1 aromatic carbocycles. The van der Waals surface area contributed by atoms with Gasteiger partial charge in [0, 0.05) is 5.40 Å². The maximum atomic E-state index is 13.0. The summed E-state index contributed by atoms with van der Waals surface area (Å²) in [6.45, 7) is -0.446. The summed E-state index contributed by atoms with van der Waals surface area (Å²) in [7, 11) is 4.91. The van der Waals surface area contributed by atoms with Crippen molar-refractivity contribution >= 4 is 32.1 Å². The molecule has 1 aromatic rings. The highest BCUT2D eigenvalue weighted by molar-refractivity contribution is 7.85. The molecule has 12 heteroatoms. The molecule has 1 saturated heterocycles. The third-order valence-corrected chi connectivity index (χ3v) is 4.19. The summed E-state index contributed by atoms with van der Waals surface area (Å²) < 4.78 is 70.3. The monoisotopic (exact) mass is 345 g/mol. The number of carbonyl (C=O) groups is 1. The van der Waals surface area contributed by atoms with Crippen LogP contribution in [0.2, 0.25) is 0 Å². The zero-order chi connectivity index (χ0) is 17.5. The number of carbonyl (C=O) groups excluding carboxylic acids is 1. The van der Waals surface area contributed by atoms with Gasteiger partial charge in [0.2, 0.25) is 0 Å². The van der Waals surface area contributed by atoms with E-state index in [0.717, 1.165) is 0 Å². The minimum Gasteiger partial charge on any atom is -0.444 e. The van der Waals surface area contributed by atoms with Gasteiger partial charge in [0.05, 0.1) is 0 Å². The fraction of sp³-hybridized carbons (Fsp3) is 0.364. The SMILES string of the molecule is [B]C1([B])OS(=O)(=O)N(C(=O)OCc2ccccc2)[C@@H]1C(F)(F)F. The van der Waals surface area contributed by atoms with Crippen molar-refractivity contribution in [2.75, 3.05) is 0 Å². The van der Waals surface area contributed by atoms with E-state index in [2.05, 4.69) is 8.92 Å². The zero-order valence-electron chi connectivity index (χ0n) is 11.4. The molecule has 0 unspecified atom stereocenters. The molecule has 6 nitrogen and oxygen atoms in total. The third kappa shape index (κ3) is 3.63. The number of nitrogens with zero attached hydrogens (tertiary/aromatic N) is 1. The van der Waals surface area contributed by atoms with Crippen LogP contribution in [-0.2, 0) is 25.8 Å². The van der Waals surface area contributed by atoms with Crippen molar-refractivity contribution in [2.24, 2.45) is 0 Å². The quantitative estimate of drug-likeness (QED) is 0.743. The van der Waals surface area contributed by atoms with Crippen LogP contribution >= 0.6 is 0 Å². The first-order valence-corrected chi connectivity index (χ1v) is 7.42. The summed E-state index contributed by atoms with van der Waals surface area (Å²) in [5.41, 5.74) is 0.439. The van der Waals surface area contributed by atoms with E-state index < -0.39 is 44.9 Å². The number of ether oxygens (including phenoxy) is 1. The second-order valence-electron chi connectivity index (χ2n) is 4.67. The van der Waals surface area contributed by atoms with Gasteiger partial charge < -0.3 is 4.74 Å². The van der Waals surface area contributed by atoms with Gasteiger partial charge >= 0.3 is 22.6 Å². The summed E-state index contributed by atoms with van der Waals surface area (Å²) in [6, 6.07) is 4.81. The zero-order valence-corrected chi connectivity index (χ0v) is 12.2. The molecule has 1 fully saturated rings. The van der Waals surface area contributed by atoms with Crippen molar-refractivity contribution in [1.82, 2.24) is 4.31 Å². The van der Waals surface area contributed by atoms with E-state index in [0.29, 0.717) is 5.56 Å². The fourth-order valence-corrected chi connectivity index (χ4v) is 3.26. The largest absolute Gasteiger partial charge is 0.444 e. The summed E-state index contributed by atoms with van der Waals surface area (Å²) >= 11 is 0. The molecule has 0 N–H and O–H groups in total. The van der Waals surface area contributed by atoms with E-state index in [4.69, 9.17) is 15.7 Å². The second-order valence-corrected chi connectivity index (χ2v) is 6.09. The number of rotatable bonds is 2. The molecule has 23 heavy (non-hydrogen) atoms. The number of hydrogen-bond donors (Lipinski definition) is 0. The van der Waals surface area contributed by atoms with Crippen LogP contribution in [0.3, 0.4) is 0 Å². The standard InChI is InChI=1S/C11H8B2F3NO5S/c12-10(13)8(11(14,15)16)17(23(19,20)22-10)9(18)21-6-7-4-2-1-3-5-7/h1-5,8H,6H2/t8-/m0/s1. The van der Waals surface area contributed by atoms with Gasteiger partial charge in [0.1, 0.15) is 22.3 Å². The van der Waals surface area contributed by atoms with Gasteiger partial charge in [-0.15, -0.1) is 0 Å². The number of alkyl halides is 3. The minimum atomic E-state index is -5.25. The van der Waals surface area contributed by atoms with Crippen molar-refractivity contribution in [3.63, 3.8) is 0 Å². The topological polar surface area (TPSA) is 72.9 Å². The lowest BCUT2D eigenvalue weighted by atomic mass is 9.60. The van der Waals surface area contributed by atoms with E-state index in [1.807, 2.05) is 0 Å². The van der Waals surface area contributed by atoms with Gasteiger partial charge in [-0.1, -0.05) is 30.3 Å². The van der Waals surface area contributed by atoms with Gasteiger partial charge in [-0.25, -0.2) is 4.79 Å². The molecule has 0 spiro atoms. The van der Waals surface area contributed by atoms with E-state index in [1.165, 1.54) is 12.1 Å². The lowest BCUT2D eigenvalue weighted by Gasteiger charge is -2.29. The normalized spacial score (nSPS) is 22.7. The van der Waals surface area contributed by atoms with E-state index in [1.54, 1.807) is 18.2 Å². The van der Waals surface area contributed by atoms with Gasteiger partial charge in [-0.2, -0.15) is 25.9 Å². The predicted octanol–water partition coefficient (Wildman–Crippen LogP) is 0.822. The van der Waals surface area contributed by atoms with E-state index >= 15 is 0 Å². The van der Waals surface area contributed by atoms with Crippen LogP contribution in [0.4, 0.5) is 18.0 Å². The van der Waals surface area contributed by atoms with Crippen LogP contribution in [-0.4, -0.2) is 52.1 Å². The van der Waals surface area contributed by atoms with Gasteiger partial charge in [0.15, 0.2) is 6.04 Å². The molecular formula is C11H8B2F3NO5S. The Balaban J connectivity index is 2.25. The molecular weight excluding hydrogens is 337 g/mol. The van der Waals surface area contributed by atoms with Gasteiger partial charge in [-0.05, 0) is 5.56 Å². The molecule has 120 valence electrons. The molecule has 1 aliphatic rings. The lowest BCUT2D eigenvalue weighted by Crippen LogP contribution is -2.56. The first kappa shape index (κ1) is 17.7. The van der Waals surface area contributed by atoms with E-state index in [9.17, 15) is 26.4 Å². The van der Waals surface area contributed by atoms with Crippen molar-refractivity contribution in [2.45, 2.75) is 24.2 Å². The average molecular weight is 345 g/mol. The molecule has 0 saturated carbocycles. The summed E-state index contributed by atoms with van der Waals surface area (Å²) in [6.07, 6.45) is -7.05. The molecule has 2 rings (SSSR count). The first-order valence-electron chi connectivity index (χ1n) is 6.05. The number of amides is 1. The fourth-order valence-electron chi connectivity index (χ4n) is 1.95. The van der Waals surface area contributed by atoms with Crippen molar-refractivity contribution in [3.05, 3.63) is 35.9 Å². The Morgan fingerprint density at radius 1 is 1.30 bits per heavy atom. The van der Waals surface area contributed by atoms with Crippen LogP contribution in [0.1, 0.15) is 5.56 Å². The molecule has 0 bridgehead atoms. The van der Waals surface area contributed by atoms with Crippen LogP contribution in [0, 0.1) is 0 Å². The van der Waals surface area contributed by atoms with E-state index in [-0.39, 0.29) is 0 Å². The smallest absolute Gasteiger partial charge is 0.426 e. The average Bonchev–Trinajstić information content (AvgIpc) is 2.61. The second kappa shape index (κ2) is 5.75. The Kier molecular flexibility index (Phi) is 4.42. The molecule has 1 atom stereocenters. The predicted molar refractivity (Wildman–Crippen MR) is 72.6 cm³/mol. The van der Waals surface area contributed by atoms with Crippen molar-refractivity contribution < 1.29 is 35.3 Å². The maximum absolute atomic E-state index is 13.0. The van der Waals surface area contributed by atoms with Crippen LogP contribution < -0.4 is 0 Å². The van der Waals surface area contributed by atoms with Crippen molar-refractivity contribution in [1.29, 1.82) is 0 Å². The lowest BCUT2D eigenvalue weighted by molar-refractivity contribution is -0.175. The number of benzene rings is 1. The Morgan fingerprint density at radius 3 is 2.39 bits per heavy atom. The highest BCUT2D eigenvalue weighted by atomic mass is 32.2. The van der Waals surface area contributed by atoms with Crippen LogP contribution in [0.15, 0.2) is 30.3 Å². The Bertz CT molecular complexity index is 695. The summed E-state index contributed by atoms with van der Waals surface area (Å²) in [5, 5.41) is -3.15. The Hall–Kier alpha value is -1.68. The molecule has 0 aliphatic carbocycles. The van der Waals surface area contributed by atoms with Crippen molar-refractivity contribution in [3.8, 4) is 0 Å². The third-order valence-electron chi connectivity index (χ3n) is 2.85. The Labute approximate surface area is 132 Å². The number of halogens is 3. The molecule has 1 amide bonds. The Morgan fingerprint density at radius 2 is 1.87 bits per heavy atom. The van der Waals surface area contributed by atoms with Crippen LogP contribution in [0.5, 0.6) is 0 Å². The molecule has 0 aromatic heterocycles. The van der Waals surface area contributed by atoms with Gasteiger partial charge in [0.25, 0.3) is 0 Å². The first-order chi connectivity index (χ1) is 10.5. The molecule has 4 radical (unpaired) electrons.